The van der Waals surface area contributed by atoms with Crippen molar-refractivity contribution in [3.05, 3.63) is 239 Å². The van der Waals surface area contributed by atoms with E-state index in [1.54, 1.807) is 0 Å². The van der Waals surface area contributed by atoms with Crippen LogP contribution in [0.4, 0.5) is 34.1 Å². The fourth-order valence-electron chi connectivity index (χ4n) is 9.43. The molecule has 4 aliphatic rings. The lowest BCUT2D eigenvalue weighted by molar-refractivity contribution is 0.911. The lowest BCUT2D eigenvalue weighted by Gasteiger charge is -2.29. The van der Waals surface area contributed by atoms with Crippen LogP contribution in [0.25, 0.3) is 23.3 Å². The highest BCUT2D eigenvalue weighted by Crippen LogP contribution is 2.39. The number of hydrogen-bond donors (Lipinski definition) is 0. The van der Waals surface area contributed by atoms with Crippen molar-refractivity contribution in [1.29, 1.82) is 0 Å². The molecule has 0 fully saturated rings. The van der Waals surface area contributed by atoms with Crippen LogP contribution in [-0.2, 0) is 32.4 Å². The fraction of sp³-hybridized carbons (Fsp3) is 0.153. The van der Waals surface area contributed by atoms with Gasteiger partial charge in [0.15, 0.2) is 0 Å². The number of anilines is 6. The van der Waals surface area contributed by atoms with Gasteiger partial charge in [0.05, 0.1) is 0 Å². The van der Waals surface area contributed by atoms with Crippen molar-refractivity contribution in [3.8, 4) is 11.1 Å². The molecule has 4 heteroatoms. The van der Waals surface area contributed by atoms with E-state index in [4.69, 9.17) is 0 Å². The van der Waals surface area contributed by atoms with E-state index in [0.29, 0.717) is 0 Å². The molecule has 8 aromatic rings. The molecule has 0 radical (unpaired) electrons. The Labute approximate surface area is 374 Å². The maximum absolute atomic E-state index is 2.33. The van der Waals surface area contributed by atoms with Gasteiger partial charge in [-0.2, -0.15) is 0 Å². The molecule has 12 rings (SSSR count). The van der Waals surface area contributed by atoms with Crippen LogP contribution in [0.5, 0.6) is 0 Å². The summed E-state index contributed by atoms with van der Waals surface area (Å²) in [7, 11) is 8.59. The smallest absolute Gasteiger partial charge is 0.0481 e. The summed E-state index contributed by atoms with van der Waals surface area (Å²) < 4.78 is 0. The van der Waals surface area contributed by atoms with Crippen LogP contribution >= 0.6 is 0 Å². The highest BCUT2D eigenvalue weighted by Gasteiger charge is 2.19. The predicted octanol–water partition coefficient (Wildman–Crippen LogP) is 14.0. The molecule has 0 bridgehead atoms. The zero-order valence-electron chi connectivity index (χ0n) is 37.0. The zero-order chi connectivity index (χ0) is 43.1. The standard InChI is InChI=1S/C15H15N.C15H13N.C15H15N.C14H13N/c2*1-16-14-8-4-2-6-12(14)10-11-13-7-3-5-9-15(13)16;1-16-11-14-8-3-2-6-12(14)10-13-7-4-5-9-15(13)16;1-15-10-11-6-2-3-7-12(11)13-8-4-5-9-14(13)15/h2-9H,10-11H2,1H3;2-11H,1H3;2-9H,10-11H2,1H3;2-9H,10H2,1H3. The van der Waals surface area contributed by atoms with Gasteiger partial charge in [0.2, 0.25) is 0 Å². The van der Waals surface area contributed by atoms with E-state index >= 15 is 0 Å². The van der Waals surface area contributed by atoms with Gasteiger partial charge in [-0.25, -0.2) is 0 Å². The van der Waals surface area contributed by atoms with Crippen molar-refractivity contribution in [2.75, 3.05) is 47.8 Å². The molecule has 4 aliphatic heterocycles. The lowest BCUT2D eigenvalue weighted by Crippen LogP contribution is -2.21. The minimum atomic E-state index is 1.01. The number of fused-ring (bicyclic) bond motifs is 9. The molecule has 312 valence electrons. The van der Waals surface area contributed by atoms with E-state index in [1.807, 2.05) is 0 Å². The van der Waals surface area contributed by atoms with E-state index in [0.717, 1.165) is 32.4 Å². The van der Waals surface area contributed by atoms with Crippen LogP contribution < -0.4 is 19.6 Å². The largest absolute Gasteiger partial charge is 0.370 e. The van der Waals surface area contributed by atoms with Crippen molar-refractivity contribution < 1.29 is 0 Å². The highest BCUT2D eigenvalue weighted by molar-refractivity contribution is 5.88. The number of para-hydroxylation sites is 6. The van der Waals surface area contributed by atoms with Crippen LogP contribution in [0.1, 0.15) is 44.5 Å². The van der Waals surface area contributed by atoms with Gasteiger partial charge in [-0.3, -0.25) is 0 Å². The van der Waals surface area contributed by atoms with Crippen LogP contribution in [-0.4, -0.2) is 28.2 Å². The predicted molar refractivity (Wildman–Crippen MR) is 270 cm³/mol. The molecule has 0 aromatic heterocycles. The zero-order valence-corrected chi connectivity index (χ0v) is 37.0. The van der Waals surface area contributed by atoms with Crippen molar-refractivity contribution >= 4 is 46.3 Å². The molecule has 0 saturated carbocycles. The second-order valence-corrected chi connectivity index (χ2v) is 16.8. The van der Waals surface area contributed by atoms with Crippen LogP contribution in [0.2, 0.25) is 0 Å². The number of hydrogen-bond acceptors (Lipinski definition) is 4. The Bertz CT molecular complexity index is 2780. The quantitative estimate of drug-likeness (QED) is 0.151. The Morgan fingerprint density at radius 3 is 1.24 bits per heavy atom. The monoisotopic (exact) mass is 820 g/mol. The van der Waals surface area contributed by atoms with Gasteiger partial charge in [0.25, 0.3) is 0 Å². The highest BCUT2D eigenvalue weighted by atomic mass is 15.1. The summed E-state index contributed by atoms with van der Waals surface area (Å²) in [6, 6.07) is 68.9. The second-order valence-electron chi connectivity index (χ2n) is 16.8. The Morgan fingerprint density at radius 2 is 0.651 bits per heavy atom. The van der Waals surface area contributed by atoms with Crippen molar-refractivity contribution in [1.82, 2.24) is 0 Å². The molecule has 63 heavy (non-hydrogen) atoms. The van der Waals surface area contributed by atoms with Crippen molar-refractivity contribution in [2.24, 2.45) is 0 Å². The summed E-state index contributed by atoms with van der Waals surface area (Å²) in [5.41, 5.74) is 21.8. The van der Waals surface area contributed by atoms with Gasteiger partial charge in [-0.1, -0.05) is 170 Å². The SMILES string of the molecule is CN1Cc2ccccc2-c2ccccc21.CN1Cc2ccccc2Cc2ccccc21.CN1c2ccccc2C=Cc2ccccc21.CN1c2ccccc2CCc2ccccc21. The lowest BCUT2D eigenvalue weighted by atomic mass is 9.94. The Kier molecular flexibility index (Phi) is 12.2. The van der Waals surface area contributed by atoms with E-state index in [2.05, 4.69) is 254 Å². The Hall–Kier alpha value is -7.30. The van der Waals surface area contributed by atoms with E-state index in [1.165, 1.54) is 89.8 Å². The van der Waals surface area contributed by atoms with Crippen LogP contribution in [0.15, 0.2) is 194 Å². The first-order valence-corrected chi connectivity index (χ1v) is 22.2. The van der Waals surface area contributed by atoms with Gasteiger partial charge < -0.3 is 19.6 Å². The summed E-state index contributed by atoms with van der Waals surface area (Å²) in [6.45, 7) is 2.01. The molecule has 0 aliphatic carbocycles. The van der Waals surface area contributed by atoms with Gasteiger partial charge in [-0.15, -0.1) is 0 Å². The van der Waals surface area contributed by atoms with Crippen LogP contribution in [0.3, 0.4) is 0 Å². The fourth-order valence-corrected chi connectivity index (χ4v) is 9.43. The van der Waals surface area contributed by atoms with Gasteiger partial charge >= 0.3 is 0 Å². The average molecular weight is 821 g/mol. The van der Waals surface area contributed by atoms with E-state index in [-0.39, 0.29) is 0 Å². The average Bonchev–Trinajstić information content (AvgIpc) is 3.66. The third kappa shape index (κ3) is 8.89. The normalized spacial score (nSPS) is 13.5. The number of rotatable bonds is 0. The Morgan fingerprint density at radius 1 is 0.286 bits per heavy atom. The molecule has 0 atom stereocenters. The molecule has 4 nitrogen and oxygen atoms in total. The van der Waals surface area contributed by atoms with Gasteiger partial charge in [0.1, 0.15) is 0 Å². The first kappa shape index (κ1) is 41.1. The summed E-state index contributed by atoms with van der Waals surface area (Å²) in [5.74, 6) is 0. The van der Waals surface area contributed by atoms with Crippen molar-refractivity contribution in [2.45, 2.75) is 32.4 Å². The maximum Gasteiger partial charge on any atom is 0.0481 e. The third-order valence-corrected chi connectivity index (χ3v) is 12.7. The molecule has 4 heterocycles. The maximum atomic E-state index is 2.33. The van der Waals surface area contributed by atoms with E-state index < -0.39 is 0 Å². The summed E-state index contributed by atoms with van der Waals surface area (Å²) in [5, 5.41) is 0. The topological polar surface area (TPSA) is 13.0 Å². The first-order valence-electron chi connectivity index (χ1n) is 22.2. The van der Waals surface area contributed by atoms with Gasteiger partial charge in [-0.05, 0) is 106 Å². The summed E-state index contributed by atoms with van der Waals surface area (Å²) >= 11 is 0. The molecule has 0 spiro atoms. The van der Waals surface area contributed by atoms with Gasteiger partial charge in [0, 0.05) is 81.0 Å². The minimum absolute atomic E-state index is 1.01. The molecule has 0 unspecified atom stereocenters. The molecule has 0 saturated heterocycles. The second kappa shape index (κ2) is 18.8. The molecule has 8 aromatic carbocycles. The first-order chi connectivity index (χ1) is 30.9. The molecule has 0 N–H and O–H groups in total. The molecule has 0 amide bonds. The number of aryl methyl sites for hydroxylation is 2. The molecular weight excluding hydrogens is 765 g/mol. The summed E-state index contributed by atoms with van der Waals surface area (Å²) in [4.78, 5) is 9.18. The summed E-state index contributed by atoms with van der Waals surface area (Å²) in [6.07, 6.45) is 7.68. The number of nitrogens with zero attached hydrogens (tertiary/aromatic N) is 4. The minimum Gasteiger partial charge on any atom is -0.370 e. The van der Waals surface area contributed by atoms with Crippen molar-refractivity contribution in [3.63, 3.8) is 0 Å². The Balaban J connectivity index is 0.000000107. The van der Waals surface area contributed by atoms with Crippen LogP contribution in [0, 0.1) is 0 Å². The third-order valence-electron chi connectivity index (χ3n) is 12.7. The number of benzene rings is 8. The van der Waals surface area contributed by atoms with E-state index in [9.17, 15) is 0 Å². The molecular formula is C59H56N4.